The Bertz CT molecular complexity index is 440. The molecule has 0 radical (unpaired) electrons. The molecule has 17 heavy (non-hydrogen) atoms. The highest BCUT2D eigenvalue weighted by Crippen LogP contribution is 2.18. The van der Waals surface area contributed by atoms with Crippen molar-refractivity contribution in [2.45, 2.75) is 37.6 Å². The predicted octanol–water partition coefficient (Wildman–Crippen LogP) is 0.703. The maximum absolute atomic E-state index is 11.9. The molecule has 1 heterocycles. The normalized spacial score (nSPS) is 18.2. The van der Waals surface area contributed by atoms with Gasteiger partial charge >= 0.3 is 0 Å². The van der Waals surface area contributed by atoms with Crippen molar-refractivity contribution in [3.05, 3.63) is 16.6 Å². The minimum absolute atomic E-state index is 0.285. The summed E-state index contributed by atoms with van der Waals surface area (Å²) in [5.41, 5.74) is 0. The lowest BCUT2D eigenvalue weighted by atomic mass is 10.4. The fraction of sp³-hybridized carbons (Fsp3) is 0.700. The number of hydrogen-bond donors (Lipinski definition) is 2. The summed E-state index contributed by atoms with van der Waals surface area (Å²) in [6, 6.07) is 0.534. The van der Waals surface area contributed by atoms with Crippen molar-refractivity contribution in [2.24, 2.45) is 0 Å². The van der Waals surface area contributed by atoms with Crippen LogP contribution in [-0.4, -0.2) is 31.2 Å². The summed E-state index contributed by atoms with van der Waals surface area (Å²) in [5, 5.41) is 5.43. The molecule has 1 fully saturated rings. The molecule has 1 aliphatic rings. The minimum Gasteiger partial charge on any atom is -0.313 e. The average Bonchev–Trinajstić information content (AvgIpc) is 2.97. The van der Waals surface area contributed by atoms with Gasteiger partial charge in [0, 0.05) is 24.2 Å². The average molecular weight is 275 g/mol. The maximum atomic E-state index is 11.9. The second kappa shape index (κ2) is 5.43. The zero-order chi connectivity index (χ0) is 12.3. The van der Waals surface area contributed by atoms with Gasteiger partial charge in [-0.2, -0.15) is 0 Å². The van der Waals surface area contributed by atoms with E-state index >= 15 is 0 Å². The van der Waals surface area contributed by atoms with Crippen LogP contribution in [0.15, 0.2) is 11.6 Å². The van der Waals surface area contributed by atoms with Crippen LogP contribution in [0.4, 0.5) is 0 Å². The van der Waals surface area contributed by atoms with Gasteiger partial charge in [-0.3, -0.25) is 0 Å². The summed E-state index contributed by atoms with van der Waals surface area (Å²) >= 11 is 1.45. The summed E-state index contributed by atoms with van der Waals surface area (Å²) in [4.78, 5) is 4.04. The van der Waals surface area contributed by atoms with E-state index < -0.39 is 15.3 Å². The molecule has 1 aromatic heterocycles. The number of rotatable bonds is 7. The van der Waals surface area contributed by atoms with Crippen molar-refractivity contribution in [1.82, 2.24) is 15.0 Å². The van der Waals surface area contributed by atoms with Crippen LogP contribution in [0.2, 0.25) is 0 Å². The molecule has 1 atom stereocenters. The Morgan fingerprint density at radius 2 is 2.35 bits per heavy atom. The van der Waals surface area contributed by atoms with Gasteiger partial charge in [0.05, 0.1) is 11.8 Å². The minimum atomic E-state index is -3.25. The van der Waals surface area contributed by atoms with E-state index in [1.165, 1.54) is 24.2 Å². The highest BCUT2D eigenvalue weighted by molar-refractivity contribution is 7.90. The van der Waals surface area contributed by atoms with E-state index in [4.69, 9.17) is 0 Å². The van der Waals surface area contributed by atoms with Crippen molar-refractivity contribution >= 4 is 21.4 Å². The van der Waals surface area contributed by atoms with Gasteiger partial charge in [-0.25, -0.2) is 18.1 Å². The van der Waals surface area contributed by atoms with Crippen LogP contribution in [0.3, 0.4) is 0 Å². The van der Waals surface area contributed by atoms with Crippen molar-refractivity contribution in [2.75, 3.05) is 6.54 Å². The van der Waals surface area contributed by atoms with E-state index in [9.17, 15) is 8.42 Å². The molecule has 0 aromatic carbocycles. The van der Waals surface area contributed by atoms with Gasteiger partial charge in [-0.15, -0.1) is 11.3 Å². The summed E-state index contributed by atoms with van der Waals surface area (Å²) in [7, 11) is -3.25. The molecule has 0 spiro atoms. The van der Waals surface area contributed by atoms with Crippen LogP contribution in [0, 0.1) is 0 Å². The van der Waals surface area contributed by atoms with E-state index in [1.807, 2.05) is 5.38 Å². The van der Waals surface area contributed by atoms with Crippen LogP contribution in [0.5, 0.6) is 0 Å². The van der Waals surface area contributed by atoms with Crippen LogP contribution < -0.4 is 10.0 Å². The first kappa shape index (κ1) is 12.9. The lowest BCUT2D eigenvalue weighted by molar-refractivity contribution is 0.556. The van der Waals surface area contributed by atoms with Crippen molar-refractivity contribution < 1.29 is 8.42 Å². The Balaban J connectivity index is 1.79. The number of hydrogen-bond acceptors (Lipinski definition) is 5. The third-order valence-corrected chi connectivity index (χ3v) is 5.26. The lowest BCUT2D eigenvalue weighted by Crippen LogP contribution is -2.39. The van der Waals surface area contributed by atoms with Gasteiger partial charge in [-0.05, 0) is 19.8 Å². The molecule has 1 unspecified atom stereocenters. The lowest BCUT2D eigenvalue weighted by Gasteiger charge is -2.13. The van der Waals surface area contributed by atoms with Gasteiger partial charge in [0.2, 0.25) is 10.0 Å². The highest BCUT2D eigenvalue weighted by atomic mass is 32.2. The zero-order valence-corrected chi connectivity index (χ0v) is 11.4. The Hall–Kier alpha value is -0.500. The van der Waals surface area contributed by atoms with Gasteiger partial charge < -0.3 is 5.32 Å². The molecular weight excluding hydrogens is 258 g/mol. The van der Waals surface area contributed by atoms with E-state index in [-0.39, 0.29) is 6.54 Å². The first-order valence-corrected chi connectivity index (χ1v) is 8.11. The molecule has 0 saturated heterocycles. The molecule has 2 N–H and O–H groups in total. The van der Waals surface area contributed by atoms with Crippen LogP contribution >= 0.6 is 11.3 Å². The fourth-order valence-corrected chi connectivity index (χ4v) is 2.96. The molecule has 5 nitrogen and oxygen atoms in total. The second-order valence-corrected chi connectivity index (χ2v) is 7.45. The first-order chi connectivity index (χ1) is 8.08. The molecule has 1 aromatic rings. The Kier molecular flexibility index (Phi) is 4.13. The molecule has 7 heteroatoms. The fourth-order valence-electron chi connectivity index (χ4n) is 1.37. The molecule has 1 aliphatic carbocycles. The summed E-state index contributed by atoms with van der Waals surface area (Å²) in [6.07, 6.45) is 4.00. The largest absolute Gasteiger partial charge is 0.313 e. The SMILES string of the molecule is CC(CNC1CC1)S(=O)(=O)NCc1nccs1. The third-order valence-electron chi connectivity index (χ3n) is 2.71. The Labute approximate surface area is 106 Å². The molecule has 2 rings (SSSR count). The number of aromatic nitrogens is 1. The van der Waals surface area contributed by atoms with Crippen molar-refractivity contribution in [3.8, 4) is 0 Å². The quantitative estimate of drug-likeness (QED) is 0.768. The second-order valence-electron chi connectivity index (χ2n) is 4.29. The monoisotopic (exact) mass is 275 g/mol. The van der Waals surface area contributed by atoms with Crippen LogP contribution in [0.1, 0.15) is 24.8 Å². The van der Waals surface area contributed by atoms with Crippen molar-refractivity contribution in [1.29, 1.82) is 0 Å². The van der Waals surface area contributed by atoms with E-state index in [0.29, 0.717) is 12.6 Å². The maximum Gasteiger partial charge on any atom is 0.215 e. The number of nitrogens with zero attached hydrogens (tertiary/aromatic N) is 1. The Morgan fingerprint density at radius 1 is 1.59 bits per heavy atom. The number of thiazole rings is 1. The molecule has 0 amide bonds. The van der Waals surface area contributed by atoms with Crippen LogP contribution in [0.25, 0.3) is 0 Å². The van der Waals surface area contributed by atoms with Gasteiger partial charge in [0.15, 0.2) is 0 Å². The highest BCUT2D eigenvalue weighted by Gasteiger charge is 2.25. The zero-order valence-electron chi connectivity index (χ0n) is 9.72. The van der Waals surface area contributed by atoms with E-state index in [0.717, 1.165) is 5.01 Å². The van der Waals surface area contributed by atoms with Gasteiger partial charge in [0.25, 0.3) is 0 Å². The molecule has 96 valence electrons. The summed E-state index contributed by atoms with van der Waals surface area (Å²) in [5.74, 6) is 0. The van der Waals surface area contributed by atoms with E-state index in [2.05, 4.69) is 15.0 Å². The summed E-state index contributed by atoms with van der Waals surface area (Å²) in [6.45, 7) is 2.52. The molecule has 1 saturated carbocycles. The van der Waals surface area contributed by atoms with Gasteiger partial charge in [0.1, 0.15) is 5.01 Å². The standard InChI is InChI=1S/C10H17N3O2S2/c1-8(6-12-9-2-3-9)17(14,15)13-7-10-11-4-5-16-10/h4-5,8-9,12-13H,2-3,6-7H2,1H3. The molecule has 0 aliphatic heterocycles. The van der Waals surface area contributed by atoms with Gasteiger partial charge in [-0.1, -0.05) is 0 Å². The summed E-state index contributed by atoms with van der Waals surface area (Å²) < 4.78 is 26.4. The topological polar surface area (TPSA) is 71.1 Å². The molecule has 0 bridgehead atoms. The Morgan fingerprint density at radius 3 is 2.94 bits per heavy atom. The third kappa shape index (κ3) is 4.02. The van der Waals surface area contributed by atoms with Crippen molar-refractivity contribution in [3.63, 3.8) is 0 Å². The number of sulfonamides is 1. The predicted molar refractivity (Wildman–Crippen MR) is 68.4 cm³/mol. The van der Waals surface area contributed by atoms with Crippen LogP contribution in [-0.2, 0) is 16.6 Å². The number of nitrogens with one attached hydrogen (secondary N) is 2. The first-order valence-electron chi connectivity index (χ1n) is 5.68. The molecular formula is C10H17N3O2S2. The smallest absolute Gasteiger partial charge is 0.215 e. The van der Waals surface area contributed by atoms with E-state index in [1.54, 1.807) is 13.1 Å².